The maximum Gasteiger partial charge on any atom is 0.323 e. The molecule has 0 N–H and O–H groups in total. The summed E-state index contributed by atoms with van der Waals surface area (Å²) in [5.41, 5.74) is 1.00. The molecule has 0 fully saturated rings. The van der Waals surface area contributed by atoms with E-state index in [1.165, 1.54) is 0 Å². The quantitative estimate of drug-likeness (QED) is 0.739. The van der Waals surface area contributed by atoms with Crippen LogP contribution in [0.1, 0.15) is 24.5 Å². The average molecular weight is 242 g/mol. The van der Waals surface area contributed by atoms with Gasteiger partial charge in [-0.3, -0.25) is 9.69 Å². The second kappa shape index (κ2) is 5.96. The van der Waals surface area contributed by atoms with Crippen LogP contribution >= 0.6 is 11.3 Å². The van der Waals surface area contributed by atoms with Crippen molar-refractivity contribution in [2.75, 3.05) is 13.7 Å². The first-order chi connectivity index (χ1) is 7.54. The maximum atomic E-state index is 11.5. The molecule has 16 heavy (non-hydrogen) atoms. The van der Waals surface area contributed by atoms with Gasteiger partial charge in [0, 0.05) is 11.9 Å². The van der Waals surface area contributed by atoms with Crippen molar-refractivity contribution >= 4 is 17.3 Å². The summed E-state index contributed by atoms with van der Waals surface area (Å²) < 4.78 is 4.97. The number of hydrogen-bond donors (Lipinski definition) is 0. The third kappa shape index (κ3) is 3.57. The predicted octanol–water partition coefficient (Wildman–Crippen LogP) is 1.83. The molecule has 0 aliphatic rings. The lowest BCUT2D eigenvalue weighted by Crippen LogP contribution is -2.36. The van der Waals surface area contributed by atoms with Crippen LogP contribution in [0.5, 0.6) is 0 Å². The third-order valence-electron chi connectivity index (χ3n) is 2.37. The monoisotopic (exact) mass is 242 g/mol. The second-order valence-electron chi connectivity index (χ2n) is 3.70. The molecule has 0 saturated carbocycles. The van der Waals surface area contributed by atoms with E-state index in [1.807, 2.05) is 38.1 Å². The van der Waals surface area contributed by atoms with Crippen LogP contribution < -0.4 is 0 Å². The Morgan fingerprint density at radius 3 is 2.88 bits per heavy atom. The highest BCUT2D eigenvalue weighted by Gasteiger charge is 2.19. The van der Waals surface area contributed by atoms with E-state index in [-0.39, 0.29) is 12.0 Å². The fourth-order valence-electron chi connectivity index (χ4n) is 1.32. The Hall–Kier alpha value is -0.940. The van der Waals surface area contributed by atoms with Crippen molar-refractivity contribution < 1.29 is 9.53 Å². The molecule has 5 heteroatoms. The summed E-state index contributed by atoms with van der Waals surface area (Å²) >= 11 is 1.62. The molecule has 0 aromatic carbocycles. The number of carbonyl (C=O) groups is 1. The van der Waals surface area contributed by atoms with Crippen molar-refractivity contribution in [1.82, 2.24) is 9.88 Å². The molecular formula is C11H18N2O2S. The van der Waals surface area contributed by atoms with E-state index in [0.717, 1.165) is 10.7 Å². The summed E-state index contributed by atoms with van der Waals surface area (Å²) in [5, 5.41) is 3.07. The van der Waals surface area contributed by atoms with E-state index in [2.05, 4.69) is 4.98 Å². The zero-order valence-electron chi connectivity index (χ0n) is 10.2. The highest BCUT2D eigenvalue weighted by atomic mass is 32.1. The van der Waals surface area contributed by atoms with Gasteiger partial charge in [0.15, 0.2) is 0 Å². The minimum Gasteiger partial charge on any atom is -0.465 e. The van der Waals surface area contributed by atoms with Crippen molar-refractivity contribution in [3.05, 3.63) is 16.1 Å². The Bertz CT molecular complexity index is 352. The van der Waals surface area contributed by atoms with Crippen molar-refractivity contribution in [1.29, 1.82) is 0 Å². The smallest absolute Gasteiger partial charge is 0.323 e. The summed E-state index contributed by atoms with van der Waals surface area (Å²) in [6, 6.07) is -0.234. The number of esters is 1. The molecule has 0 spiro atoms. The van der Waals surface area contributed by atoms with Gasteiger partial charge in [-0.2, -0.15) is 0 Å². The Labute approximate surface area is 100 Å². The van der Waals surface area contributed by atoms with Crippen molar-refractivity contribution in [3.63, 3.8) is 0 Å². The number of hydrogen-bond acceptors (Lipinski definition) is 5. The van der Waals surface area contributed by atoms with E-state index in [1.54, 1.807) is 11.3 Å². The summed E-state index contributed by atoms with van der Waals surface area (Å²) in [7, 11) is 1.90. The number of likely N-dealkylation sites (N-methyl/N-ethyl adjacent to an activating group) is 1. The Morgan fingerprint density at radius 1 is 1.69 bits per heavy atom. The minimum atomic E-state index is -0.234. The average Bonchev–Trinajstić information content (AvgIpc) is 2.63. The van der Waals surface area contributed by atoms with E-state index >= 15 is 0 Å². The molecule has 0 amide bonds. The van der Waals surface area contributed by atoms with Gasteiger partial charge in [0.1, 0.15) is 6.04 Å². The number of ether oxygens (including phenoxy) is 1. The van der Waals surface area contributed by atoms with Gasteiger partial charge < -0.3 is 4.74 Å². The van der Waals surface area contributed by atoms with Gasteiger partial charge in [0.25, 0.3) is 0 Å². The SMILES string of the molecule is CCOC(=O)C(C)N(C)Cc1csc(C)n1. The molecular weight excluding hydrogens is 224 g/mol. The van der Waals surface area contributed by atoms with Gasteiger partial charge >= 0.3 is 5.97 Å². The summed E-state index contributed by atoms with van der Waals surface area (Å²) in [6.07, 6.45) is 0. The highest BCUT2D eigenvalue weighted by molar-refractivity contribution is 7.09. The van der Waals surface area contributed by atoms with Crippen molar-refractivity contribution in [3.8, 4) is 0 Å². The van der Waals surface area contributed by atoms with Crippen LogP contribution in [0.15, 0.2) is 5.38 Å². The summed E-state index contributed by atoms with van der Waals surface area (Å²) in [6.45, 7) is 6.73. The number of rotatable bonds is 5. The lowest BCUT2D eigenvalue weighted by atomic mass is 10.3. The molecule has 0 bridgehead atoms. The number of nitrogens with zero attached hydrogens (tertiary/aromatic N) is 2. The largest absolute Gasteiger partial charge is 0.465 e. The first-order valence-electron chi connectivity index (χ1n) is 5.32. The first kappa shape index (κ1) is 13.1. The van der Waals surface area contributed by atoms with E-state index in [0.29, 0.717) is 13.2 Å². The Morgan fingerprint density at radius 2 is 2.38 bits per heavy atom. The standard InChI is InChI=1S/C11H18N2O2S/c1-5-15-11(14)8(2)13(4)6-10-7-16-9(3)12-10/h7-8H,5-6H2,1-4H3. The molecule has 1 heterocycles. The van der Waals surface area contributed by atoms with Crippen LogP contribution in [0.25, 0.3) is 0 Å². The van der Waals surface area contributed by atoms with Crippen LogP contribution in [0, 0.1) is 6.92 Å². The zero-order valence-corrected chi connectivity index (χ0v) is 11.0. The van der Waals surface area contributed by atoms with Crippen LogP contribution in [0.3, 0.4) is 0 Å². The van der Waals surface area contributed by atoms with Gasteiger partial charge in [-0.25, -0.2) is 4.98 Å². The number of thiazole rings is 1. The minimum absolute atomic E-state index is 0.183. The molecule has 1 atom stereocenters. The fourth-order valence-corrected chi connectivity index (χ4v) is 1.92. The van der Waals surface area contributed by atoms with Gasteiger partial charge in [0.2, 0.25) is 0 Å². The summed E-state index contributed by atoms with van der Waals surface area (Å²) in [4.78, 5) is 17.8. The zero-order chi connectivity index (χ0) is 12.1. The molecule has 1 unspecified atom stereocenters. The van der Waals surface area contributed by atoms with Crippen molar-refractivity contribution in [2.24, 2.45) is 0 Å². The third-order valence-corrected chi connectivity index (χ3v) is 3.19. The highest BCUT2D eigenvalue weighted by Crippen LogP contribution is 2.11. The Balaban J connectivity index is 2.51. The topological polar surface area (TPSA) is 42.4 Å². The molecule has 1 aromatic rings. The van der Waals surface area contributed by atoms with Gasteiger partial charge in [-0.15, -0.1) is 11.3 Å². The van der Waals surface area contributed by atoms with Gasteiger partial charge in [-0.1, -0.05) is 0 Å². The molecule has 1 aromatic heterocycles. The summed E-state index contributed by atoms with van der Waals surface area (Å²) in [5.74, 6) is -0.183. The van der Waals surface area contributed by atoms with Crippen LogP contribution in [-0.4, -0.2) is 35.5 Å². The number of carbonyl (C=O) groups excluding carboxylic acids is 1. The lowest BCUT2D eigenvalue weighted by Gasteiger charge is -2.21. The van der Waals surface area contributed by atoms with E-state index in [9.17, 15) is 4.79 Å². The van der Waals surface area contributed by atoms with E-state index < -0.39 is 0 Å². The normalized spacial score (nSPS) is 12.8. The number of aryl methyl sites for hydroxylation is 1. The van der Waals surface area contributed by atoms with Crippen LogP contribution in [-0.2, 0) is 16.1 Å². The van der Waals surface area contributed by atoms with Crippen molar-refractivity contribution in [2.45, 2.75) is 33.4 Å². The Kier molecular flexibility index (Phi) is 4.89. The molecule has 0 saturated heterocycles. The molecule has 4 nitrogen and oxygen atoms in total. The molecule has 90 valence electrons. The second-order valence-corrected chi connectivity index (χ2v) is 4.76. The molecule has 0 aliphatic heterocycles. The lowest BCUT2D eigenvalue weighted by molar-refractivity contribution is -0.148. The van der Waals surface area contributed by atoms with Crippen LogP contribution in [0.2, 0.25) is 0 Å². The first-order valence-corrected chi connectivity index (χ1v) is 6.20. The van der Waals surface area contributed by atoms with E-state index in [4.69, 9.17) is 4.74 Å². The fraction of sp³-hybridized carbons (Fsp3) is 0.636. The van der Waals surface area contributed by atoms with Crippen LogP contribution in [0.4, 0.5) is 0 Å². The molecule has 0 radical (unpaired) electrons. The van der Waals surface area contributed by atoms with Gasteiger partial charge in [-0.05, 0) is 27.8 Å². The molecule has 1 rings (SSSR count). The maximum absolute atomic E-state index is 11.5. The predicted molar refractivity (Wildman–Crippen MR) is 64.4 cm³/mol. The molecule has 0 aliphatic carbocycles. The van der Waals surface area contributed by atoms with Gasteiger partial charge in [0.05, 0.1) is 17.3 Å². The number of aromatic nitrogens is 1.